The summed E-state index contributed by atoms with van der Waals surface area (Å²) in [5.74, 6) is 4.22. The first-order chi connectivity index (χ1) is 24.2. The third-order valence-electron chi connectivity index (χ3n) is 11.8. The van der Waals surface area contributed by atoms with Crippen LogP contribution in [-0.2, 0) is 22.4 Å². The highest BCUT2D eigenvalue weighted by atomic mass is 16.2. The minimum Gasteiger partial charge on any atom is -0.340 e. The van der Waals surface area contributed by atoms with Crippen LogP contribution in [0.25, 0.3) is 44.2 Å². The molecule has 2 aliphatic carbocycles. The van der Waals surface area contributed by atoms with Crippen LogP contribution in [-0.4, -0.2) is 54.6 Å². The fourth-order valence-corrected chi connectivity index (χ4v) is 9.35. The Labute approximate surface area is 294 Å². The molecule has 2 aliphatic heterocycles. The summed E-state index contributed by atoms with van der Waals surface area (Å²) < 4.78 is 0. The number of rotatable bonds is 8. The molecule has 0 radical (unpaired) electrons. The van der Waals surface area contributed by atoms with E-state index in [4.69, 9.17) is 9.97 Å². The van der Waals surface area contributed by atoms with Crippen LogP contribution in [0.1, 0.15) is 101 Å². The number of imidazole rings is 2. The van der Waals surface area contributed by atoms with Crippen molar-refractivity contribution in [1.82, 2.24) is 29.7 Å². The molecule has 4 aliphatic rings. The molecule has 3 aromatic carbocycles. The molecule has 4 atom stereocenters. The zero-order chi connectivity index (χ0) is 34.3. The summed E-state index contributed by atoms with van der Waals surface area (Å²) in [6.07, 6.45) is 9.61. The van der Waals surface area contributed by atoms with Gasteiger partial charge in [0.2, 0.25) is 11.8 Å². The second-order valence-electron chi connectivity index (χ2n) is 16.3. The van der Waals surface area contributed by atoms with Crippen LogP contribution < -0.4 is 0 Å². The maximum Gasteiger partial charge on any atom is 0.223 e. The first-order valence-corrected chi connectivity index (χ1v) is 18.9. The summed E-state index contributed by atoms with van der Waals surface area (Å²) in [5.41, 5.74) is 9.69. The lowest BCUT2D eigenvalue weighted by molar-refractivity contribution is -0.134. The topological polar surface area (TPSA) is 98.0 Å². The first-order valence-electron chi connectivity index (χ1n) is 18.9. The number of carbonyl (C=O) groups is 2. The number of likely N-dealkylation sites (tertiary alicyclic amines) is 2. The van der Waals surface area contributed by atoms with Crippen molar-refractivity contribution in [2.24, 2.45) is 23.7 Å². The SMILES string of the molecule is CC(C)CC(=O)N1C[C@H]2C[C@H]2[C@H]1c1ncc(-c2ccc(-c3ccc4c(ccc5[nH]c([C@@H]6CCCN6C(=O)CC(C)C)nc54)c3)c3c2CCC3)[nH]1. The standard InChI is InChI=1S/C42H48N6O2/c1-23(2)17-37(49)47-16-6-9-36(47)41-44-34-15-11-26-19-25(10-12-29(26)39(34)46-41)28-13-14-32(31-8-5-7-30(28)31)35-21-43-42(45-35)40-33-20-27(33)22-48(40)38(50)18-24(3)4/h10-15,19,21,23-24,27,33,36,40H,5-9,16-18,20,22H2,1-4H3,(H,43,45)(H,44,46)/t27-,33-,36+,40+/m1/s1. The summed E-state index contributed by atoms with van der Waals surface area (Å²) in [4.78, 5) is 47.6. The quantitative estimate of drug-likeness (QED) is 0.173. The number of nitrogens with zero attached hydrogens (tertiary/aromatic N) is 4. The molecule has 0 bridgehead atoms. The number of benzene rings is 3. The molecule has 3 fully saturated rings. The van der Waals surface area contributed by atoms with Gasteiger partial charge < -0.3 is 19.8 Å². The molecule has 2 aromatic heterocycles. The fraction of sp³-hybridized carbons (Fsp3) is 0.476. The Kier molecular flexibility index (Phi) is 7.63. The van der Waals surface area contributed by atoms with Crippen molar-refractivity contribution in [3.8, 4) is 22.4 Å². The van der Waals surface area contributed by atoms with Gasteiger partial charge in [0.15, 0.2) is 0 Å². The average Bonchev–Trinajstić information content (AvgIpc) is 3.75. The lowest BCUT2D eigenvalue weighted by atomic mass is 9.91. The van der Waals surface area contributed by atoms with Crippen molar-refractivity contribution in [3.63, 3.8) is 0 Å². The maximum absolute atomic E-state index is 13.1. The fourth-order valence-electron chi connectivity index (χ4n) is 9.35. The van der Waals surface area contributed by atoms with Crippen molar-refractivity contribution in [2.75, 3.05) is 13.1 Å². The van der Waals surface area contributed by atoms with Gasteiger partial charge in [-0.25, -0.2) is 9.97 Å². The molecule has 8 nitrogen and oxygen atoms in total. The van der Waals surface area contributed by atoms with E-state index in [1.807, 2.05) is 11.1 Å². The van der Waals surface area contributed by atoms with Gasteiger partial charge in [0.1, 0.15) is 11.6 Å². The monoisotopic (exact) mass is 668 g/mol. The van der Waals surface area contributed by atoms with E-state index in [1.54, 1.807) is 0 Å². The van der Waals surface area contributed by atoms with Crippen molar-refractivity contribution < 1.29 is 9.59 Å². The van der Waals surface area contributed by atoms with Gasteiger partial charge in [-0.3, -0.25) is 9.59 Å². The van der Waals surface area contributed by atoms with Gasteiger partial charge in [0, 0.05) is 36.9 Å². The predicted octanol–water partition coefficient (Wildman–Crippen LogP) is 8.54. The number of piperidine rings is 1. The molecule has 5 aromatic rings. The lowest BCUT2D eigenvalue weighted by Crippen LogP contribution is -2.34. The van der Waals surface area contributed by atoms with E-state index in [-0.39, 0.29) is 23.9 Å². The molecule has 258 valence electrons. The Bertz CT molecular complexity index is 2140. The second kappa shape index (κ2) is 12.1. The molecule has 2 N–H and O–H groups in total. The third-order valence-corrected chi connectivity index (χ3v) is 11.8. The van der Waals surface area contributed by atoms with Gasteiger partial charge in [-0.05, 0) is 102 Å². The van der Waals surface area contributed by atoms with E-state index in [9.17, 15) is 9.59 Å². The van der Waals surface area contributed by atoms with E-state index in [2.05, 4.69) is 85.0 Å². The minimum absolute atomic E-state index is 0.0186. The normalized spacial score (nSPS) is 22.8. The highest BCUT2D eigenvalue weighted by Gasteiger charge is 2.55. The molecule has 4 heterocycles. The molecular formula is C42H48N6O2. The smallest absolute Gasteiger partial charge is 0.223 e. The Balaban J connectivity index is 1.01. The Morgan fingerprint density at radius 2 is 1.62 bits per heavy atom. The third kappa shape index (κ3) is 5.33. The molecule has 2 saturated heterocycles. The number of hydrogen-bond donors (Lipinski definition) is 2. The van der Waals surface area contributed by atoms with Crippen molar-refractivity contribution in [3.05, 3.63) is 71.4 Å². The van der Waals surface area contributed by atoms with Crippen LogP contribution in [0.4, 0.5) is 0 Å². The number of amides is 2. The van der Waals surface area contributed by atoms with Crippen LogP contribution in [0.5, 0.6) is 0 Å². The molecule has 8 heteroatoms. The van der Waals surface area contributed by atoms with Crippen molar-refractivity contribution in [1.29, 1.82) is 0 Å². The number of nitrogens with one attached hydrogen (secondary N) is 2. The highest BCUT2D eigenvalue weighted by molar-refractivity contribution is 6.05. The largest absolute Gasteiger partial charge is 0.340 e. The highest BCUT2D eigenvalue weighted by Crippen LogP contribution is 2.56. The van der Waals surface area contributed by atoms with E-state index >= 15 is 0 Å². The lowest BCUT2D eigenvalue weighted by Gasteiger charge is -2.27. The molecule has 0 spiro atoms. The van der Waals surface area contributed by atoms with Crippen LogP contribution in [0.3, 0.4) is 0 Å². The van der Waals surface area contributed by atoms with Gasteiger partial charge in [-0.15, -0.1) is 0 Å². The van der Waals surface area contributed by atoms with E-state index in [0.29, 0.717) is 36.5 Å². The number of aromatic nitrogens is 4. The van der Waals surface area contributed by atoms with Gasteiger partial charge in [-0.1, -0.05) is 58.0 Å². The summed E-state index contributed by atoms with van der Waals surface area (Å²) in [6.45, 7) is 10.1. The summed E-state index contributed by atoms with van der Waals surface area (Å²) in [5, 5.41) is 2.31. The molecule has 50 heavy (non-hydrogen) atoms. The second-order valence-corrected chi connectivity index (χ2v) is 16.3. The Morgan fingerprint density at radius 1 is 0.860 bits per heavy atom. The van der Waals surface area contributed by atoms with Crippen molar-refractivity contribution >= 4 is 33.6 Å². The van der Waals surface area contributed by atoms with Crippen LogP contribution in [0.15, 0.2) is 48.7 Å². The zero-order valence-corrected chi connectivity index (χ0v) is 29.8. The zero-order valence-electron chi connectivity index (χ0n) is 29.8. The average molecular weight is 669 g/mol. The molecule has 0 unspecified atom stereocenters. The van der Waals surface area contributed by atoms with E-state index < -0.39 is 0 Å². The Morgan fingerprint density at radius 3 is 2.42 bits per heavy atom. The molecular weight excluding hydrogens is 621 g/mol. The Hall–Kier alpha value is -4.46. The summed E-state index contributed by atoms with van der Waals surface area (Å²) in [7, 11) is 0. The molecule has 9 rings (SSSR count). The number of hydrogen-bond acceptors (Lipinski definition) is 4. The van der Waals surface area contributed by atoms with Gasteiger partial charge in [0.25, 0.3) is 0 Å². The maximum atomic E-state index is 13.1. The first kappa shape index (κ1) is 31.5. The summed E-state index contributed by atoms with van der Waals surface area (Å²) >= 11 is 0. The molecule has 1 saturated carbocycles. The number of carbonyl (C=O) groups excluding carboxylic acids is 2. The number of H-pyrrole nitrogens is 2. The van der Waals surface area contributed by atoms with E-state index in [1.165, 1.54) is 39.6 Å². The van der Waals surface area contributed by atoms with Crippen LogP contribution >= 0.6 is 0 Å². The predicted molar refractivity (Wildman–Crippen MR) is 197 cm³/mol. The van der Waals surface area contributed by atoms with Gasteiger partial charge in [-0.2, -0.15) is 0 Å². The van der Waals surface area contributed by atoms with Crippen LogP contribution in [0.2, 0.25) is 0 Å². The minimum atomic E-state index is 0.0186. The number of fused-ring (bicyclic) bond motifs is 5. The number of aromatic amines is 2. The van der Waals surface area contributed by atoms with Gasteiger partial charge >= 0.3 is 0 Å². The van der Waals surface area contributed by atoms with E-state index in [0.717, 1.165) is 79.0 Å². The summed E-state index contributed by atoms with van der Waals surface area (Å²) in [6, 6.07) is 15.8. The van der Waals surface area contributed by atoms with Crippen LogP contribution in [0, 0.1) is 23.7 Å². The molecule has 2 amide bonds. The van der Waals surface area contributed by atoms with Gasteiger partial charge in [0.05, 0.1) is 35.0 Å². The van der Waals surface area contributed by atoms with Crippen molar-refractivity contribution in [2.45, 2.75) is 91.1 Å².